The quantitative estimate of drug-likeness (QED) is 0.358. The van der Waals surface area contributed by atoms with Crippen molar-refractivity contribution in [2.75, 3.05) is 33.4 Å². The van der Waals surface area contributed by atoms with Crippen molar-refractivity contribution in [3.63, 3.8) is 0 Å². The molecular weight excluding hydrogens is 306 g/mol. The number of hydrogen-bond acceptors (Lipinski definition) is 6. The molecule has 128 valence electrons. The zero-order valence-corrected chi connectivity index (χ0v) is 13.1. The fraction of sp³-hybridized carbons (Fsp3) is 0.714. The minimum atomic E-state index is -0.852. The van der Waals surface area contributed by atoms with Crippen LogP contribution in [0.1, 0.15) is 25.7 Å². The molecule has 0 aromatic carbocycles. The number of carbonyl (C=O) groups is 4. The second kappa shape index (κ2) is 7.40. The Morgan fingerprint density at radius 3 is 2.65 bits per heavy atom. The van der Waals surface area contributed by atoms with Gasteiger partial charge in [0.1, 0.15) is 12.1 Å². The van der Waals surface area contributed by atoms with E-state index < -0.39 is 36.6 Å². The second-order valence-electron chi connectivity index (χ2n) is 5.61. The van der Waals surface area contributed by atoms with Crippen LogP contribution in [-0.4, -0.2) is 67.7 Å². The number of nitrogens with one attached hydrogen (secondary N) is 2. The first-order valence-electron chi connectivity index (χ1n) is 7.54. The molecule has 2 aliphatic rings. The molecule has 0 aromatic heterocycles. The third-order valence-electron chi connectivity index (χ3n) is 3.98. The molecule has 0 aromatic rings. The van der Waals surface area contributed by atoms with Crippen LogP contribution in [0.15, 0.2) is 0 Å². The number of urea groups is 1. The highest BCUT2D eigenvalue weighted by Gasteiger charge is 2.52. The van der Waals surface area contributed by atoms with E-state index in [1.54, 1.807) is 0 Å². The summed E-state index contributed by atoms with van der Waals surface area (Å²) in [6, 6.07) is -0.585. The topological polar surface area (TPSA) is 114 Å². The number of methoxy groups -OCH3 is 1. The van der Waals surface area contributed by atoms with Crippen LogP contribution < -0.4 is 10.6 Å². The Morgan fingerprint density at radius 1 is 1.30 bits per heavy atom. The van der Waals surface area contributed by atoms with Crippen LogP contribution in [0, 0.1) is 0 Å². The maximum atomic E-state index is 12.3. The number of hydrogen-bond donors (Lipinski definition) is 2. The number of ether oxygens (including phenoxy) is 2. The number of imide groups is 1. The number of rotatable bonds is 7. The number of amides is 4. The molecule has 0 atom stereocenters. The zero-order valence-electron chi connectivity index (χ0n) is 13.1. The van der Waals surface area contributed by atoms with E-state index in [-0.39, 0.29) is 5.91 Å². The molecule has 2 rings (SSSR count). The summed E-state index contributed by atoms with van der Waals surface area (Å²) in [6.45, 7) is -0.290. The fourth-order valence-electron chi connectivity index (χ4n) is 2.80. The SMILES string of the molecule is COCCNC(=O)COC(=O)CN1C(=O)NC2(CCCC2)C1=O. The minimum absolute atomic E-state index is 0.308. The van der Waals surface area contributed by atoms with Crippen molar-refractivity contribution >= 4 is 23.8 Å². The third kappa shape index (κ3) is 3.98. The molecule has 0 unspecified atom stereocenters. The molecule has 0 radical (unpaired) electrons. The first-order valence-corrected chi connectivity index (χ1v) is 7.54. The Morgan fingerprint density at radius 2 is 2.00 bits per heavy atom. The first-order chi connectivity index (χ1) is 11.0. The van der Waals surface area contributed by atoms with Crippen molar-refractivity contribution < 1.29 is 28.7 Å². The lowest BCUT2D eigenvalue weighted by Gasteiger charge is -2.19. The Kier molecular flexibility index (Phi) is 5.54. The van der Waals surface area contributed by atoms with Gasteiger partial charge in [0.05, 0.1) is 6.61 Å². The van der Waals surface area contributed by atoms with E-state index in [9.17, 15) is 19.2 Å². The molecule has 0 bridgehead atoms. The Balaban J connectivity index is 1.78. The van der Waals surface area contributed by atoms with E-state index in [0.717, 1.165) is 17.7 Å². The summed E-state index contributed by atoms with van der Waals surface area (Å²) in [5.41, 5.74) is -0.852. The monoisotopic (exact) mass is 327 g/mol. The Labute approximate surface area is 133 Å². The van der Waals surface area contributed by atoms with E-state index in [0.29, 0.717) is 26.0 Å². The van der Waals surface area contributed by atoms with Crippen LogP contribution >= 0.6 is 0 Å². The molecule has 1 heterocycles. The molecule has 9 heteroatoms. The normalized spacial score (nSPS) is 19.1. The standard InChI is InChI=1S/C14H21N3O6/c1-22-7-6-15-10(18)9-23-11(19)8-17-12(20)14(16-13(17)21)4-2-3-5-14/h2-9H2,1H3,(H,15,18)(H,16,21). The van der Waals surface area contributed by atoms with E-state index >= 15 is 0 Å². The predicted molar refractivity (Wildman–Crippen MR) is 77.3 cm³/mol. The van der Waals surface area contributed by atoms with Gasteiger partial charge in [0.15, 0.2) is 6.61 Å². The molecule has 1 spiro atoms. The van der Waals surface area contributed by atoms with Crippen LogP contribution in [0.4, 0.5) is 4.79 Å². The summed E-state index contributed by atoms with van der Waals surface area (Å²) < 4.78 is 9.54. The van der Waals surface area contributed by atoms with Crippen molar-refractivity contribution in [2.24, 2.45) is 0 Å². The van der Waals surface area contributed by atoms with Crippen molar-refractivity contribution in [3.05, 3.63) is 0 Å². The van der Waals surface area contributed by atoms with Gasteiger partial charge in [-0.05, 0) is 12.8 Å². The fourth-order valence-corrected chi connectivity index (χ4v) is 2.80. The van der Waals surface area contributed by atoms with Gasteiger partial charge in [-0.25, -0.2) is 4.79 Å². The van der Waals surface area contributed by atoms with Crippen LogP contribution in [-0.2, 0) is 23.9 Å². The lowest BCUT2D eigenvalue weighted by molar-refractivity contribution is -0.151. The molecule has 1 aliphatic heterocycles. The lowest BCUT2D eigenvalue weighted by Crippen LogP contribution is -2.44. The van der Waals surface area contributed by atoms with Gasteiger partial charge in [-0.3, -0.25) is 19.3 Å². The lowest BCUT2D eigenvalue weighted by atomic mass is 9.98. The predicted octanol–water partition coefficient (Wildman–Crippen LogP) is -0.843. The smallest absolute Gasteiger partial charge is 0.326 e. The Bertz CT molecular complexity index is 501. The maximum absolute atomic E-state index is 12.3. The van der Waals surface area contributed by atoms with Gasteiger partial charge in [-0.15, -0.1) is 0 Å². The molecule has 9 nitrogen and oxygen atoms in total. The number of nitrogens with zero attached hydrogens (tertiary/aromatic N) is 1. The minimum Gasteiger partial charge on any atom is -0.454 e. The molecule has 1 saturated carbocycles. The van der Waals surface area contributed by atoms with E-state index in [1.165, 1.54) is 7.11 Å². The first kappa shape index (κ1) is 17.2. The highest BCUT2D eigenvalue weighted by atomic mass is 16.5. The van der Waals surface area contributed by atoms with Crippen molar-refractivity contribution in [3.8, 4) is 0 Å². The van der Waals surface area contributed by atoms with Gasteiger partial charge >= 0.3 is 12.0 Å². The van der Waals surface area contributed by atoms with Crippen LogP contribution in [0.2, 0.25) is 0 Å². The van der Waals surface area contributed by atoms with Crippen molar-refractivity contribution in [1.82, 2.24) is 15.5 Å². The van der Waals surface area contributed by atoms with E-state index in [1.807, 2.05) is 0 Å². The van der Waals surface area contributed by atoms with Crippen LogP contribution in [0.25, 0.3) is 0 Å². The third-order valence-corrected chi connectivity index (χ3v) is 3.98. The van der Waals surface area contributed by atoms with Gasteiger partial charge in [0, 0.05) is 13.7 Å². The zero-order chi connectivity index (χ0) is 16.9. The molecule has 2 N–H and O–H groups in total. The van der Waals surface area contributed by atoms with Crippen molar-refractivity contribution in [1.29, 1.82) is 0 Å². The van der Waals surface area contributed by atoms with Gasteiger partial charge < -0.3 is 20.1 Å². The molecular formula is C14H21N3O6. The molecule has 2 fully saturated rings. The summed E-state index contributed by atoms with van der Waals surface area (Å²) in [6.07, 6.45) is 2.91. The van der Waals surface area contributed by atoms with Gasteiger partial charge in [0.25, 0.3) is 11.8 Å². The summed E-state index contributed by atoms with van der Waals surface area (Å²) in [5.74, 6) is -1.66. The highest BCUT2D eigenvalue weighted by molar-refractivity contribution is 6.08. The van der Waals surface area contributed by atoms with Crippen LogP contribution in [0.3, 0.4) is 0 Å². The maximum Gasteiger partial charge on any atom is 0.326 e. The molecule has 4 amide bonds. The van der Waals surface area contributed by atoms with Gasteiger partial charge in [-0.1, -0.05) is 12.8 Å². The summed E-state index contributed by atoms with van der Waals surface area (Å²) in [5, 5.41) is 5.16. The largest absolute Gasteiger partial charge is 0.454 e. The van der Waals surface area contributed by atoms with E-state index in [4.69, 9.17) is 9.47 Å². The van der Waals surface area contributed by atoms with Gasteiger partial charge in [-0.2, -0.15) is 0 Å². The van der Waals surface area contributed by atoms with E-state index in [2.05, 4.69) is 10.6 Å². The highest BCUT2D eigenvalue weighted by Crippen LogP contribution is 2.34. The second-order valence-corrected chi connectivity index (χ2v) is 5.61. The van der Waals surface area contributed by atoms with Gasteiger partial charge in [0.2, 0.25) is 0 Å². The Hall–Kier alpha value is -2.16. The van der Waals surface area contributed by atoms with Crippen LogP contribution in [0.5, 0.6) is 0 Å². The molecule has 1 saturated heterocycles. The number of esters is 1. The average molecular weight is 327 g/mol. The molecule has 23 heavy (non-hydrogen) atoms. The number of carbonyl (C=O) groups excluding carboxylic acids is 4. The summed E-state index contributed by atoms with van der Waals surface area (Å²) in [4.78, 5) is 48.2. The molecule has 1 aliphatic carbocycles. The van der Waals surface area contributed by atoms with Crippen molar-refractivity contribution in [2.45, 2.75) is 31.2 Å². The summed E-state index contributed by atoms with van der Waals surface area (Å²) in [7, 11) is 1.50. The average Bonchev–Trinajstić information content (AvgIpc) is 3.07. The summed E-state index contributed by atoms with van der Waals surface area (Å²) >= 11 is 0.